The Balaban J connectivity index is 1.51. The molecule has 0 bridgehead atoms. The Labute approximate surface area is 143 Å². The number of imidazole rings is 1. The smallest absolute Gasteiger partial charge is 0.225 e. The molecule has 2 aliphatic carbocycles. The van der Waals surface area contributed by atoms with Crippen LogP contribution in [-0.4, -0.2) is 45.0 Å². The molecule has 0 aromatic carbocycles. The molecule has 1 saturated heterocycles. The zero-order valence-electron chi connectivity index (χ0n) is 14.6. The third kappa shape index (κ3) is 2.86. The van der Waals surface area contributed by atoms with Crippen molar-refractivity contribution in [2.75, 3.05) is 13.1 Å². The van der Waals surface area contributed by atoms with Gasteiger partial charge in [0.05, 0.1) is 6.54 Å². The quantitative estimate of drug-likeness (QED) is 0.849. The van der Waals surface area contributed by atoms with Crippen molar-refractivity contribution in [2.45, 2.75) is 63.1 Å². The maximum Gasteiger partial charge on any atom is 0.225 e. The van der Waals surface area contributed by atoms with E-state index in [4.69, 9.17) is 5.73 Å². The van der Waals surface area contributed by atoms with Gasteiger partial charge in [0.2, 0.25) is 5.91 Å². The standard InChI is InChI=1S/C18H29N5O/c1-22-10-9-21-15(22)13-23(16(24)12-18(19)3-2-4-18)14-11-17(14)5-7-20-8-6-17/h9-10,14,20H,2-8,11-13,19H2,1H3. The topological polar surface area (TPSA) is 76.2 Å². The van der Waals surface area contributed by atoms with Crippen LogP contribution in [0.25, 0.3) is 0 Å². The molecular weight excluding hydrogens is 302 g/mol. The van der Waals surface area contributed by atoms with Crippen LogP contribution in [0.15, 0.2) is 12.4 Å². The summed E-state index contributed by atoms with van der Waals surface area (Å²) in [6.07, 6.45) is 10.9. The molecule has 2 saturated carbocycles. The molecule has 1 spiro atoms. The van der Waals surface area contributed by atoms with Gasteiger partial charge in [0.1, 0.15) is 5.82 Å². The van der Waals surface area contributed by atoms with Gasteiger partial charge in [-0.05, 0) is 57.0 Å². The van der Waals surface area contributed by atoms with Gasteiger partial charge in [-0.15, -0.1) is 0 Å². The maximum atomic E-state index is 13.1. The number of nitrogens with zero attached hydrogens (tertiary/aromatic N) is 3. The van der Waals surface area contributed by atoms with Crippen LogP contribution in [0, 0.1) is 5.41 Å². The molecule has 1 aromatic heterocycles. The SMILES string of the molecule is Cn1ccnc1CN(C(=O)CC1(N)CCC1)C1CC12CCNCC2. The highest BCUT2D eigenvalue weighted by atomic mass is 16.2. The highest BCUT2D eigenvalue weighted by Crippen LogP contribution is 2.56. The zero-order valence-corrected chi connectivity index (χ0v) is 14.6. The van der Waals surface area contributed by atoms with E-state index in [-0.39, 0.29) is 11.4 Å². The fourth-order valence-corrected chi connectivity index (χ4v) is 4.51. The first-order valence-corrected chi connectivity index (χ1v) is 9.27. The van der Waals surface area contributed by atoms with E-state index < -0.39 is 0 Å². The molecule has 2 heterocycles. The lowest BCUT2D eigenvalue weighted by molar-refractivity contribution is -0.135. The van der Waals surface area contributed by atoms with Crippen LogP contribution in [0.4, 0.5) is 0 Å². The molecule has 3 N–H and O–H groups in total. The molecule has 3 aliphatic rings. The molecule has 6 nitrogen and oxygen atoms in total. The largest absolute Gasteiger partial charge is 0.337 e. The first kappa shape index (κ1) is 16.1. The third-order valence-corrected chi connectivity index (χ3v) is 6.53. The number of carbonyl (C=O) groups is 1. The summed E-state index contributed by atoms with van der Waals surface area (Å²) in [5, 5.41) is 3.44. The molecule has 24 heavy (non-hydrogen) atoms. The molecule has 4 rings (SSSR count). The van der Waals surface area contributed by atoms with Crippen LogP contribution in [0.2, 0.25) is 0 Å². The Hall–Kier alpha value is -1.40. The fourth-order valence-electron chi connectivity index (χ4n) is 4.51. The van der Waals surface area contributed by atoms with Crippen molar-refractivity contribution >= 4 is 5.91 Å². The van der Waals surface area contributed by atoms with Crippen molar-refractivity contribution in [2.24, 2.45) is 18.2 Å². The molecule has 132 valence electrons. The van der Waals surface area contributed by atoms with Crippen LogP contribution in [-0.2, 0) is 18.4 Å². The van der Waals surface area contributed by atoms with Crippen molar-refractivity contribution in [1.82, 2.24) is 19.8 Å². The second-order valence-electron chi connectivity index (χ2n) is 8.20. The summed E-state index contributed by atoms with van der Waals surface area (Å²) in [6.45, 7) is 2.75. The number of amides is 1. The van der Waals surface area contributed by atoms with E-state index >= 15 is 0 Å². The Bertz CT molecular complexity index is 615. The molecule has 3 fully saturated rings. The number of piperidine rings is 1. The Morgan fingerprint density at radius 2 is 2.17 bits per heavy atom. The van der Waals surface area contributed by atoms with Crippen LogP contribution in [0.3, 0.4) is 0 Å². The highest BCUT2D eigenvalue weighted by molar-refractivity contribution is 5.78. The summed E-state index contributed by atoms with van der Waals surface area (Å²) in [5.74, 6) is 1.18. The maximum absolute atomic E-state index is 13.1. The third-order valence-electron chi connectivity index (χ3n) is 6.53. The van der Waals surface area contributed by atoms with Gasteiger partial charge in [0, 0.05) is 37.4 Å². The molecule has 1 atom stereocenters. The van der Waals surface area contributed by atoms with Crippen molar-refractivity contribution in [3.05, 3.63) is 18.2 Å². The average Bonchev–Trinajstić information content (AvgIpc) is 3.04. The molecule has 1 unspecified atom stereocenters. The van der Waals surface area contributed by atoms with Crippen LogP contribution in [0.1, 0.15) is 50.8 Å². The van der Waals surface area contributed by atoms with E-state index in [0.717, 1.165) is 44.6 Å². The first-order chi connectivity index (χ1) is 11.5. The monoisotopic (exact) mass is 331 g/mol. The Kier molecular flexibility index (Phi) is 3.92. The lowest BCUT2D eigenvalue weighted by atomic mass is 9.75. The fraction of sp³-hybridized carbons (Fsp3) is 0.778. The summed E-state index contributed by atoms with van der Waals surface area (Å²) < 4.78 is 2.01. The minimum absolute atomic E-state index is 0.223. The van der Waals surface area contributed by atoms with Gasteiger partial charge in [-0.2, -0.15) is 0 Å². The summed E-state index contributed by atoms with van der Waals surface area (Å²) in [7, 11) is 1.99. The van der Waals surface area contributed by atoms with E-state index in [9.17, 15) is 4.79 Å². The van der Waals surface area contributed by atoms with Gasteiger partial charge in [-0.1, -0.05) is 0 Å². The Morgan fingerprint density at radius 1 is 1.42 bits per heavy atom. The molecular formula is C18H29N5O. The molecule has 1 aromatic rings. The van der Waals surface area contributed by atoms with E-state index in [1.165, 1.54) is 12.8 Å². The predicted octanol–water partition coefficient (Wildman–Crippen LogP) is 1.16. The summed E-state index contributed by atoms with van der Waals surface area (Å²) in [6, 6.07) is 0.368. The van der Waals surface area contributed by atoms with E-state index in [1.807, 2.05) is 24.0 Å². The summed E-state index contributed by atoms with van der Waals surface area (Å²) in [4.78, 5) is 19.6. The van der Waals surface area contributed by atoms with Gasteiger partial charge >= 0.3 is 0 Å². The van der Waals surface area contributed by atoms with Gasteiger partial charge in [0.25, 0.3) is 0 Å². The van der Waals surface area contributed by atoms with E-state index in [2.05, 4.69) is 15.2 Å². The highest BCUT2D eigenvalue weighted by Gasteiger charge is 2.58. The lowest BCUT2D eigenvalue weighted by Crippen LogP contribution is -2.51. The molecule has 0 radical (unpaired) electrons. The van der Waals surface area contributed by atoms with Gasteiger partial charge < -0.3 is 20.5 Å². The molecule has 1 amide bonds. The number of aryl methyl sites for hydroxylation is 1. The number of nitrogens with two attached hydrogens (primary N) is 1. The number of carbonyl (C=O) groups excluding carboxylic acids is 1. The van der Waals surface area contributed by atoms with Crippen LogP contribution >= 0.6 is 0 Å². The van der Waals surface area contributed by atoms with Crippen molar-refractivity contribution in [1.29, 1.82) is 0 Å². The van der Waals surface area contributed by atoms with E-state index in [1.54, 1.807) is 0 Å². The zero-order chi connectivity index (χ0) is 16.8. The lowest BCUT2D eigenvalue weighted by Gasteiger charge is -2.39. The number of aromatic nitrogens is 2. The van der Waals surface area contributed by atoms with Crippen molar-refractivity contribution < 1.29 is 4.79 Å². The van der Waals surface area contributed by atoms with Gasteiger partial charge in [-0.25, -0.2) is 4.98 Å². The Morgan fingerprint density at radius 3 is 2.75 bits per heavy atom. The second kappa shape index (κ2) is 5.85. The predicted molar refractivity (Wildman–Crippen MR) is 92.1 cm³/mol. The van der Waals surface area contributed by atoms with Gasteiger partial charge in [0.15, 0.2) is 0 Å². The minimum atomic E-state index is -0.257. The van der Waals surface area contributed by atoms with Crippen molar-refractivity contribution in [3.63, 3.8) is 0 Å². The number of hydrogen-bond donors (Lipinski definition) is 2. The summed E-state index contributed by atoms with van der Waals surface area (Å²) in [5.41, 5.74) is 6.44. The first-order valence-electron chi connectivity index (χ1n) is 9.27. The number of nitrogens with one attached hydrogen (secondary N) is 1. The average molecular weight is 331 g/mol. The number of rotatable bonds is 5. The molecule has 1 aliphatic heterocycles. The van der Waals surface area contributed by atoms with Gasteiger partial charge in [-0.3, -0.25) is 4.79 Å². The normalized spacial score (nSPS) is 26.8. The van der Waals surface area contributed by atoms with Crippen LogP contribution in [0.5, 0.6) is 0 Å². The van der Waals surface area contributed by atoms with E-state index in [0.29, 0.717) is 24.4 Å². The van der Waals surface area contributed by atoms with Crippen LogP contribution < -0.4 is 11.1 Å². The second-order valence-corrected chi connectivity index (χ2v) is 8.20. The minimum Gasteiger partial charge on any atom is -0.337 e. The summed E-state index contributed by atoms with van der Waals surface area (Å²) >= 11 is 0. The molecule has 6 heteroatoms. The number of hydrogen-bond acceptors (Lipinski definition) is 4. The van der Waals surface area contributed by atoms with Crippen molar-refractivity contribution in [3.8, 4) is 0 Å².